The predicted octanol–water partition coefficient (Wildman–Crippen LogP) is 1.92. The van der Waals surface area contributed by atoms with Crippen LogP contribution in [-0.2, 0) is 9.59 Å². The molecule has 2 aromatic rings. The monoisotopic (exact) mass is 522 g/mol. The van der Waals surface area contributed by atoms with Gasteiger partial charge >= 0.3 is 6.03 Å². The number of allylic oxidation sites excluding steroid dienone is 1. The molecule has 0 bridgehead atoms. The van der Waals surface area contributed by atoms with Crippen LogP contribution in [0.15, 0.2) is 30.6 Å². The van der Waals surface area contributed by atoms with E-state index in [-0.39, 0.29) is 24.9 Å². The molecule has 3 aliphatic rings. The van der Waals surface area contributed by atoms with Gasteiger partial charge in [-0.15, -0.1) is 0 Å². The van der Waals surface area contributed by atoms with Crippen LogP contribution in [0.4, 0.5) is 4.79 Å². The second kappa shape index (κ2) is 10.1. The molecule has 11 nitrogen and oxygen atoms in total. The largest absolute Gasteiger partial charge is 0.496 e. The molecule has 2 aliphatic heterocycles. The standard InChI is InChI=1S/C27H34N6O5/c1-16-21(37-3)10-9-19-22(16)29-15-30-24(19)38-18-12-20-23(34)31-27(25(28)35)13-17(27)8-6-4-5-7-11-32(2)26(36)33(20)14-18/h6,8-10,15,17-18,20H,4-5,7,11-14H2,1-3H3,(H2,28,35)(H,31,34). The summed E-state index contributed by atoms with van der Waals surface area (Å²) in [6.07, 6.45) is 8.24. The molecular weight excluding hydrogens is 488 g/mol. The highest BCUT2D eigenvalue weighted by atomic mass is 16.5. The number of aryl methyl sites for hydroxylation is 1. The number of hydrogen-bond donors (Lipinski definition) is 2. The molecule has 4 amide bonds. The zero-order chi connectivity index (χ0) is 27.0. The first-order valence-corrected chi connectivity index (χ1v) is 13.0. The minimum atomic E-state index is -1.11. The van der Waals surface area contributed by atoms with Crippen molar-refractivity contribution in [2.45, 2.75) is 56.7 Å². The van der Waals surface area contributed by atoms with Gasteiger partial charge in [0.2, 0.25) is 17.7 Å². The zero-order valence-electron chi connectivity index (χ0n) is 22.0. The molecule has 0 radical (unpaired) electrons. The number of amides is 4. The fourth-order valence-corrected chi connectivity index (χ4v) is 5.54. The Labute approximate surface area is 221 Å². The predicted molar refractivity (Wildman–Crippen MR) is 140 cm³/mol. The van der Waals surface area contributed by atoms with Crippen LogP contribution in [0.1, 0.15) is 37.7 Å². The van der Waals surface area contributed by atoms with Crippen molar-refractivity contribution < 1.29 is 23.9 Å². The van der Waals surface area contributed by atoms with Crippen LogP contribution < -0.4 is 20.5 Å². The van der Waals surface area contributed by atoms with Gasteiger partial charge in [0.15, 0.2) is 0 Å². The van der Waals surface area contributed by atoms with Crippen molar-refractivity contribution in [3.63, 3.8) is 0 Å². The molecular formula is C27H34N6O5. The van der Waals surface area contributed by atoms with E-state index in [0.717, 1.165) is 24.8 Å². The maximum atomic E-state index is 13.5. The van der Waals surface area contributed by atoms with E-state index in [1.54, 1.807) is 19.1 Å². The Morgan fingerprint density at radius 2 is 2.05 bits per heavy atom. The molecule has 1 saturated heterocycles. The molecule has 1 aromatic heterocycles. The van der Waals surface area contributed by atoms with Gasteiger partial charge in [-0.25, -0.2) is 14.8 Å². The summed E-state index contributed by atoms with van der Waals surface area (Å²) in [6.45, 7) is 2.69. The number of nitrogens with two attached hydrogens (primary N) is 1. The molecule has 1 aliphatic carbocycles. The van der Waals surface area contributed by atoms with Crippen LogP contribution >= 0.6 is 0 Å². The lowest BCUT2D eigenvalue weighted by Crippen LogP contribution is -2.56. The highest BCUT2D eigenvalue weighted by Crippen LogP contribution is 2.45. The van der Waals surface area contributed by atoms with E-state index >= 15 is 0 Å². The number of aromatic nitrogens is 2. The van der Waals surface area contributed by atoms with Crippen LogP contribution in [0.3, 0.4) is 0 Å². The van der Waals surface area contributed by atoms with Crippen molar-refractivity contribution in [1.29, 1.82) is 0 Å². The Hall–Kier alpha value is -3.89. The number of rotatable bonds is 4. The van der Waals surface area contributed by atoms with Crippen molar-refractivity contribution in [2.75, 3.05) is 27.2 Å². The summed E-state index contributed by atoms with van der Waals surface area (Å²) in [5, 5.41) is 3.60. The quantitative estimate of drug-likeness (QED) is 0.585. The van der Waals surface area contributed by atoms with Gasteiger partial charge in [0.1, 0.15) is 29.8 Å². The van der Waals surface area contributed by atoms with Gasteiger partial charge in [-0.1, -0.05) is 12.2 Å². The number of benzene rings is 1. The third-order valence-corrected chi connectivity index (χ3v) is 7.89. The number of fused-ring (bicyclic) bond motifs is 3. The van der Waals surface area contributed by atoms with E-state index in [9.17, 15) is 14.4 Å². The van der Waals surface area contributed by atoms with Crippen LogP contribution in [0, 0.1) is 12.8 Å². The molecule has 2 fully saturated rings. The zero-order valence-corrected chi connectivity index (χ0v) is 22.0. The third-order valence-electron chi connectivity index (χ3n) is 7.89. The molecule has 4 unspecified atom stereocenters. The molecule has 1 aromatic carbocycles. The van der Waals surface area contributed by atoms with Crippen molar-refractivity contribution >= 4 is 28.7 Å². The molecule has 0 spiro atoms. The third kappa shape index (κ3) is 4.61. The summed E-state index contributed by atoms with van der Waals surface area (Å²) in [5.41, 5.74) is 6.17. The van der Waals surface area contributed by atoms with E-state index in [1.165, 1.54) is 11.2 Å². The molecule has 5 rings (SSSR count). The lowest BCUT2D eigenvalue weighted by Gasteiger charge is -2.30. The maximum Gasteiger partial charge on any atom is 0.320 e. The molecule has 4 atom stereocenters. The molecule has 38 heavy (non-hydrogen) atoms. The summed E-state index contributed by atoms with van der Waals surface area (Å²) < 4.78 is 11.7. The summed E-state index contributed by atoms with van der Waals surface area (Å²) in [5.74, 6) is -0.0243. The second-order valence-electron chi connectivity index (χ2n) is 10.4. The number of primary amides is 1. The van der Waals surface area contributed by atoms with Gasteiger partial charge in [0.25, 0.3) is 0 Å². The number of ether oxygens (including phenoxy) is 2. The Morgan fingerprint density at radius 1 is 1.24 bits per heavy atom. The first-order chi connectivity index (χ1) is 18.2. The van der Waals surface area contributed by atoms with Crippen molar-refractivity contribution in [3.8, 4) is 11.6 Å². The van der Waals surface area contributed by atoms with Gasteiger partial charge in [-0.3, -0.25) is 9.59 Å². The summed E-state index contributed by atoms with van der Waals surface area (Å²) >= 11 is 0. The number of nitrogens with zero attached hydrogens (tertiary/aromatic N) is 4. The smallest absolute Gasteiger partial charge is 0.320 e. The Morgan fingerprint density at radius 3 is 2.82 bits per heavy atom. The maximum absolute atomic E-state index is 13.5. The van der Waals surface area contributed by atoms with Crippen molar-refractivity contribution in [3.05, 3.63) is 36.2 Å². The second-order valence-corrected chi connectivity index (χ2v) is 10.4. The topological polar surface area (TPSA) is 140 Å². The van der Waals surface area contributed by atoms with Crippen molar-refractivity contribution in [2.24, 2.45) is 11.7 Å². The van der Waals surface area contributed by atoms with Crippen LogP contribution in [-0.4, -0.2) is 82.5 Å². The number of methoxy groups -OCH3 is 1. The minimum absolute atomic E-state index is 0.139. The average molecular weight is 523 g/mol. The van der Waals surface area contributed by atoms with E-state index < -0.39 is 29.5 Å². The Bertz CT molecular complexity index is 1300. The number of carbonyl (C=O) groups is 3. The molecule has 202 valence electrons. The van der Waals surface area contributed by atoms with Gasteiger partial charge < -0.3 is 30.3 Å². The van der Waals surface area contributed by atoms with Gasteiger partial charge in [-0.2, -0.15) is 0 Å². The molecule has 3 heterocycles. The van der Waals surface area contributed by atoms with E-state index in [2.05, 4.69) is 15.3 Å². The molecule has 11 heteroatoms. The number of carbonyl (C=O) groups excluding carboxylic acids is 3. The van der Waals surface area contributed by atoms with Crippen LogP contribution in [0.25, 0.3) is 10.9 Å². The lowest BCUT2D eigenvalue weighted by molar-refractivity contribution is -0.130. The summed E-state index contributed by atoms with van der Waals surface area (Å²) in [7, 11) is 3.34. The highest BCUT2D eigenvalue weighted by Gasteiger charge is 2.60. The fourth-order valence-electron chi connectivity index (χ4n) is 5.54. The number of hydrogen-bond acceptors (Lipinski definition) is 7. The molecule has 3 N–H and O–H groups in total. The lowest BCUT2D eigenvalue weighted by atomic mass is 10.1. The minimum Gasteiger partial charge on any atom is -0.496 e. The Kier molecular flexibility index (Phi) is 6.85. The van der Waals surface area contributed by atoms with Crippen LogP contribution in [0.5, 0.6) is 11.6 Å². The number of urea groups is 1. The van der Waals surface area contributed by atoms with Crippen molar-refractivity contribution in [1.82, 2.24) is 25.1 Å². The first kappa shape index (κ1) is 25.7. The van der Waals surface area contributed by atoms with Gasteiger partial charge in [-0.05, 0) is 44.7 Å². The number of nitrogens with one attached hydrogen (secondary N) is 1. The normalized spacial score (nSPS) is 27.8. The molecule has 1 saturated carbocycles. The summed E-state index contributed by atoms with van der Waals surface area (Å²) in [6, 6.07) is 2.61. The first-order valence-electron chi connectivity index (χ1n) is 13.0. The van der Waals surface area contributed by atoms with Crippen LogP contribution in [0.2, 0.25) is 0 Å². The SMILES string of the molecule is COc1ccc2c(OC3CC4C(=O)NC5(C(N)=O)CC5C=CCCCCN(C)C(=O)N4C3)ncnc2c1C. The fraction of sp³-hybridized carbons (Fsp3) is 0.519. The van der Waals surface area contributed by atoms with E-state index in [4.69, 9.17) is 15.2 Å². The summed E-state index contributed by atoms with van der Waals surface area (Å²) in [4.78, 5) is 51.2. The van der Waals surface area contributed by atoms with Gasteiger partial charge in [0, 0.05) is 31.5 Å². The highest BCUT2D eigenvalue weighted by molar-refractivity contribution is 5.97. The average Bonchev–Trinajstić information content (AvgIpc) is 3.43. The van der Waals surface area contributed by atoms with E-state index in [0.29, 0.717) is 35.5 Å². The van der Waals surface area contributed by atoms with Gasteiger partial charge in [0.05, 0.1) is 24.6 Å². The van der Waals surface area contributed by atoms with E-state index in [1.807, 2.05) is 31.2 Å². The Balaban J connectivity index is 1.42.